The van der Waals surface area contributed by atoms with Crippen molar-refractivity contribution in [2.75, 3.05) is 5.32 Å². The van der Waals surface area contributed by atoms with Crippen LogP contribution in [0.3, 0.4) is 0 Å². The molecule has 0 saturated heterocycles. The number of amides is 2. The van der Waals surface area contributed by atoms with Crippen molar-refractivity contribution in [3.05, 3.63) is 41.5 Å². The molecule has 0 unspecified atom stereocenters. The highest BCUT2D eigenvalue weighted by atomic mass is 16.2. The molecule has 0 radical (unpaired) electrons. The van der Waals surface area contributed by atoms with Gasteiger partial charge in [-0.1, -0.05) is 17.7 Å². The maximum absolute atomic E-state index is 11.8. The van der Waals surface area contributed by atoms with Crippen LogP contribution in [0.4, 0.5) is 10.5 Å². The molecule has 1 aliphatic rings. The molecule has 6 nitrogen and oxygen atoms in total. The van der Waals surface area contributed by atoms with Crippen LogP contribution >= 0.6 is 0 Å². The van der Waals surface area contributed by atoms with Crippen LogP contribution in [0.15, 0.2) is 24.3 Å². The number of aryl methyl sites for hydroxylation is 2. The zero-order chi connectivity index (χ0) is 13.9. The summed E-state index contributed by atoms with van der Waals surface area (Å²) in [7, 11) is 0. The van der Waals surface area contributed by atoms with Crippen LogP contribution in [0.1, 0.15) is 23.6 Å². The van der Waals surface area contributed by atoms with Crippen molar-refractivity contribution < 1.29 is 4.79 Å². The highest BCUT2D eigenvalue weighted by molar-refractivity contribution is 5.89. The highest BCUT2D eigenvalue weighted by Gasteiger charge is 2.17. The van der Waals surface area contributed by atoms with E-state index in [-0.39, 0.29) is 6.03 Å². The van der Waals surface area contributed by atoms with Gasteiger partial charge in [0.05, 0.1) is 6.54 Å². The lowest BCUT2D eigenvalue weighted by molar-refractivity contribution is 0.251. The largest absolute Gasteiger partial charge is 0.331 e. The van der Waals surface area contributed by atoms with Crippen molar-refractivity contribution in [3.63, 3.8) is 0 Å². The van der Waals surface area contributed by atoms with E-state index in [0.29, 0.717) is 6.54 Å². The number of nitrogens with one attached hydrogen (secondary N) is 2. The Balaban J connectivity index is 1.55. The predicted molar refractivity (Wildman–Crippen MR) is 75.4 cm³/mol. The van der Waals surface area contributed by atoms with Crippen LogP contribution in [0, 0.1) is 6.92 Å². The first-order valence-electron chi connectivity index (χ1n) is 6.75. The Kier molecular flexibility index (Phi) is 3.37. The van der Waals surface area contributed by atoms with E-state index in [0.717, 1.165) is 42.3 Å². The quantitative estimate of drug-likeness (QED) is 0.895. The van der Waals surface area contributed by atoms with Gasteiger partial charge in [0.15, 0.2) is 5.82 Å². The molecule has 0 atom stereocenters. The number of carbonyl (C=O) groups excluding carboxylic acids is 1. The Morgan fingerprint density at radius 3 is 2.90 bits per heavy atom. The molecule has 1 aliphatic heterocycles. The second-order valence-electron chi connectivity index (χ2n) is 4.96. The molecular weight excluding hydrogens is 254 g/mol. The van der Waals surface area contributed by atoms with Gasteiger partial charge in [0.2, 0.25) is 0 Å². The third-order valence-corrected chi connectivity index (χ3v) is 3.40. The Hall–Kier alpha value is -2.37. The summed E-state index contributed by atoms with van der Waals surface area (Å²) in [4.78, 5) is 11.8. The fraction of sp³-hybridized carbons (Fsp3) is 0.357. The minimum absolute atomic E-state index is 0.232. The minimum Gasteiger partial charge on any atom is -0.331 e. The topological polar surface area (TPSA) is 71.8 Å². The summed E-state index contributed by atoms with van der Waals surface area (Å²) in [6.07, 6.45) is 2.08. The molecular formula is C14H17N5O. The molecule has 20 heavy (non-hydrogen) atoms. The number of hydrogen-bond acceptors (Lipinski definition) is 3. The number of nitrogens with zero attached hydrogens (tertiary/aromatic N) is 3. The summed E-state index contributed by atoms with van der Waals surface area (Å²) in [6.45, 7) is 3.35. The van der Waals surface area contributed by atoms with E-state index in [2.05, 4.69) is 25.4 Å². The maximum atomic E-state index is 11.8. The van der Waals surface area contributed by atoms with Gasteiger partial charge in [0.1, 0.15) is 5.82 Å². The number of carbonyl (C=O) groups is 1. The lowest BCUT2D eigenvalue weighted by atomic mass is 10.2. The van der Waals surface area contributed by atoms with Gasteiger partial charge in [0, 0.05) is 18.7 Å². The Labute approximate surface area is 117 Å². The number of aromatic nitrogens is 3. The van der Waals surface area contributed by atoms with Gasteiger partial charge in [-0.3, -0.25) is 0 Å². The first-order chi connectivity index (χ1) is 9.72. The number of anilines is 1. The summed E-state index contributed by atoms with van der Waals surface area (Å²) in [5.74, 6) is 1.83. The van der Waals surface area contributed by atoms with Crippen LogP contribution in [0.5, 0.6) is 0 Å². The average Bonchev–Trinajstić information content (AvgIpc) is 3.02. The minimum atomic E-state index is -0.232. The van der Waals surface area contributed by atoms with Gasteiger partial charge in [-0.05, 0) is 25.5 Å². The van der Waals surface area contributed by atoms with Crippen LogP contribution in [0.25, 0.3) is 0 Å². The van der Waals surface area contributed by atoms with Gasteiger partial charge in [0.25, 0.3) is 0 Å². The summed E-state index contributed by atoms with van der Waals surface area (Å²) in [5, 5.41) is 13.8. The Morgan fingerprint density at radius 1 is 1.30 bits per heavy atom. The zero-order valence-corrected chi connectivity index (χ0v) is 11.4. The van der Waals surface area contributed by atoms with Crippen molar-refractivity contribution >= 4 is 11.7 Å². The first kappa shape index (κ1) is 12.7. The number of rotatable bonds is 3. The molecule has 104 valence electrons. The molecule has 3 rings (SSSR count). The van der Waals surface area contributed by atoms with Crippen molar-refractivity contribution in [2.45, 2.75) is 32.9 Å². The third kappa shape index (κ3) is 2.64. The lowest BCUT2D eigenvalue weighted by Crippen LogP contribution is -2.29. The van der Waals surface area contributed by atoms with E-state index in [9.17, 15) is 4.79 Å². The van der Waals surface area contributed by atoms with Crippen LogP contribution in [-0.4, -0.2) is 20.8 Å². The molecule has 2 N–H and O–H groups in total. The van der Waals surface area contributed by atoms with Gasteiger partial charge in [-0.25, -0.2) is 4.79 Å². The molecule has 2 aromatic rings. The van der Waals surface area contributed by atoms with Gasteiger partial charge >= 0.3 is 6.03 Å². The van der Waals surface area contributed by atoms with E-state index in [1.165, 1.54) is 0 Å². The van der Waals surface area contributed by atoms with Gasteiger partial charge < -0.3 is 15.2 Å². The van der Waals surface area contributed by atoms with Crippen molar-refractivity contribution in [1.82, 2.24) is 20.1 Å². The SMILES string of the molecule is Cc1ccc(NC(=O)NCc2nnc3n2CCC3)cc1. The van der Waals surface area contributed by atoms with E-state index >= 15 is 0 Å². The van der Waals surface area contributed by atoms with E-state index < -0.39 is 0 Å². The molecule has 0 saturated carbocycles. The zero-order valence-electron chi connectivity index (χ0n) is 11.4. The third-order valence-electron chi connectivity index (χ3n) is 3.40. The van der Waals surface area contributed by atoms with Crippen LogP contribution in [0.2, 0.25) is 0 Å². The van der Waals surface area contributed by atoms with Crippen LogP contribution < -0.4 is 10.6 Å². The van der Waals surface area contributed by atoms with Crippen LogP contribution in [-0.2, 0) is 19.5 Å². The van der Waals surface area contributed by atoms with E-state index in [1.807, 2.05) is 31.2 Å². The molecule has 1 aromatic carbocycles. The molecule has 2 heterocycles. The standard InChI is InChI=1S/C14H17N5O/c1-10-4-6-11(7-5-10)16-14(20)15-9-13-18-17-12-3-2-8-19(12)13/h4-7H,2-3,8-9H2,1H3,(H2,15,16,20). The van der Waals surface area contributed by atoms with Gasteiger partial charge in [-0.15, -0.1) is 10.2 Å². The summed E-state index contributed by atoms with van der Waals surface area (Å²) in [6, 6.07) is 7.44. The van der Waals surface area contributed by atoms with E-state index in [1.54, 1.807) is 0 Å². The molecule has 0 fully saturated rings. The molecule has 6 heteroatoms. The Morgan fingerprint density at radius 2 is 2.10 bits per heavy atom. The predicted octanol–water partition coefficient (Wildman–Crippen LogP) is 1.85. The van der Waals surface area contributed by atoms with Crippen molar-refractivity contribution in [2.24, 2.45) is 0 Å². The van der Waals surface area contributed by atoms with Gasteiger partial charge in [-0.2, -0.15) is 0 Å². The fourth-order valence-corrected chi connectivity index (χ4v) is 2.31. The maximum Gasteiger partial charge on any atom is 0.319 e. The monoisotopic (exact) mass is 271 g/mol. The lowest BCUT2D eigenvalue weighted by Gasteiger charge is -2.08. The molecule has 0 spiro atoms. The second kappa shape index (κ2) is 5.32. The molecule has 2 amide bonds. The number of hydrogen-bond donors (Lipinski definition) is 2. The Bertz CT molecular complexity index is 617. The van der Waals surface area contributed by atoms with E-state index in [4.69, 9.17) is 0 Å². The molecule has 0 bridgehead atoms. The smallest absolute Gasteiger partial charge is 0.319 e. The first-order valence-corrected chi connectivity index (χ1v) is 6.75. The fourth-order valence-electron chi connectivity index (χ4n) is 2.31. The molecule has 1 aromatic heterocycles. The number of benzene rings is 1. The second-order valence-corrected chi connectivity index (χ2v) is 4.96. The summed E-state index contributed by atoms with van der Waals surface area (Å²) < 4.78 is 2.08. The molecule has 0 aliphatic carbocycles. The highest BCUT2D eigenvalue weighted by Crippen LogP contribution is 2.13. The van der Waals surface area contributed by atoms with Crippen molar-refractivity contribution in [1.29, 1.82) is 0 Å². The summed E-state index contributed by atoms with van der Waals surface area (Å²) >= 11 is 0. The number of urea groups is 1. The average molecular weight is 271 g/mol. The normalized spacial score (nSPS) is 13.1. The summed E-state index contributed by atoms with van der Waals surface area (Å²) in [5.41, 5.74) is 1.94. The number of fused-ring (bicyclic) bond motifs is 1. The van der Waals surface area contributed by atoms with Crippen molar-refractivity contribution in [3.8, 4) is 0 Å².